The minimum Gasteiger partial charge on any atom is -0.302 e. The van der Waals surface area contributed by atoms with Gasteiger partial charge in [-0.15, -0.1) is 15.3 Å². The van der Waals surface area contributed by atoms with Crippen molar-refractivity contribution < 1.29 is 0 Å². The SMILES string of the molecule is CC(C)Cn1c(SCc2nnsc2Cl)nnc1-c1ccc(Cl)cc1Cl. The number of hydrogen-bond donors (Lipinski definition) is 0. The van der Waals surface area contributed by atoms with Crippen LogP contribution in [-0.2, 0) is 12.3 Å². The normalized spacial score (nSPS) is 11.4. The van der Waals surface area contributed by atoms with E-state index in [4.69, 9.17) is 34.8 Å². The highest BCUT2D eigenvalue weighted by Gasteiger charge is 2.18. The van der Waals surface area contributed by atoms with Gasteiger partial charge in [0.25, 0.3) is 0 Å². The van der Waals surface area contributed by atoms with Crippen LogP contribution in [-0.4, -0.2) is 24.4 Å². The Morgan fingerprint density at radius 2 is 1.96 bits per heavy atom. The lowest BCUT2D eigenvalue weighted by Gasteiger charge is -2.13. The summed E-state index contributed by atoms with van der Waals surface area (Å²) in [6.07, 6.45) is 0. The van der Waals surface area contributed by atoms with Gasteiger partial charge in [-0.2, -0.15) is 0 Å². The van der Waals surface area contributed by atoms with E-state index in [0.717, 1.165) is 28.8 Å². The molecule has 10 heteroatoms. The van der Waals surface area contributed by atoms with Crippen LogP contribution >= 0.6 is 58.1 Å². The van der Waals surface area contributed by atoms with Crippen LogP contribution in [0.3, 0.4) is 0 Å². The maximum absolute atomic E-state index is 6.35. The fourth-order valence-corrected chi connectivity index (χ4v) is 4.38. The fourth-order valence-electron chi connectivity index (χ4n) is 2.21. The number of aromatic nitrogens is 5. The first-order valence-electron chi connectivity index (χ1n) is 7.44. The fraction of sp³-hybridized carbons (Fsp3) is 0.333. The van der Waals surface area contributed by atoms with Gasteiger partial charge in [-0.1, -0.05) is 64.9 Å². The van der Waals surface area contributed by atoms with Crippen LogP contribution in [0.1, 0.15) is 19.5 Å². The van der Waals surface area contributed by atoms with Crippen LogP contribution in [0, 0.1) is 5.92 Å². The van der Waals surface area contributed by atoms with E-state index in [-0.39, 0.29) is 0 Å². The molecule has 0 spiro atoms. The van der Waals surface area contributed by atoms with Crippen LogP contribution in [0.2, 0.25) is 14.4 Å². The number of thioether (sulfide) groups is 1. The van der Waals surface area contributed by atoms with Crippen molar-refractivity contribution >= 4 is 58.1 Å². The molecule has 0 aliphatic heterocycles. The van der Waals surface area contributed by atoms with E-state index in [1.807, 2.05) is 6.07 Å². The average molecular weight is 435 g/mol. The van der Waals surface area contributed by atoms with Gasteiger partial charge in [0.15, 0.2) is 11.0 Å². The summed E-state index contributed by atoms with van der Waals surface area (Å²) in [6.45, 7) is 5.05. The van der Waals surface area contributed by atoms with Crippen LogP contribution in [0.5, 0.6) is 0 Å². The van der Waals surface area contributed by atoms with Gasteiger partial charge < -0.3 is 4.57 Å². The Morgan fingerprint density at radius 1 is 1.16 bits per heavy atom. The highest BCUT2D eigenvalue weighted by Crippen LogP contribution is 2.33. The van der Waals surface area contributed by atoms with Crippen LogP contribution in [0.25, 0.3) is 11.4 Å². The van der Waals surface area contributed by atoms with E-state index in [2.05, 4.69) is 38.2 Å². The molecule has 2 aromatic heterocycles. The molecule has 0 fully saturated rings. The Labute approximate surface area is 168 Å². The Hall–Kier alpha value is -0.860. The lowest BCUT2D eigenvalue weighted by Crippen LogP contribution is -2.08. The summed E-state index contributed by atoms with van der Waals surface area (Å²) < 4.78 is 6.52. The minimum atomic E-state index is 0.421. The van der Waals surface area contributed by atoms with Crippen molar-refractivity contribution in [2.75, 3.05) is 0 Å². The summed E-state index contributed by atoms with van der Waals surface area (Å²) in [5.74, 6) is 1.73. The summed E-state index contributed by atoms with van der Waals surface area (Å²) >= 11 is 21.1. The van der Waals surface area contributed by atoms with Gasteiger partial charge in [-0.05, 0) is 24.1 Å². The van der Waals surface area contributed by atoms with Gasteiger partial charge in [-0.25, -0.2) is 0 Å². The van der Waals surface area contributed by atoms with Crippen LogP contribution in [0.4, 0.5) is 0 Å². The lowest BCUT2D eigenvalue weighted by atomic mass is 10.2. The summed E-state index contributed by atoms with van der Waals surface area (Å²) in [5.41, 5.74) is 1.56. The van der Waals surface area contributed by atoms with E-state index in [1.165, 1.54) is 23.3 Å². The van der Waals surface area contributed by atoms with Gasteiger partial charge in [0.05, 0.1) is 5.02 Å². The molecule has 25 heavy (non-hydrogen) atoms. The minimum absolute atomic E-state index is 0.421. The molecule has 0 amide bonds. The molecule has 5 nitrogen and oxygen atoms in total. The average Bonchev–Trinajstić information content (AvgIpc) is 3.12. The van der Waals surface area contributed by atoms with Gasteiger partial charge >= 0.3 is 0 Å². The molecular formula is C15H14Cl3N5S2. The van der Waals surface area contributed by atoms with Gasteiger partial charge in [0.2, 0.25) is 0 Å². The summed E-state index contributed by atoms with van der Waals surface area (Å²) in [5, 5.41) is 14.6. The lowest BCUT2D eigenvalue weighted by molar-refractivity contribution is 0.498. The van der Waals surface area contributed by atoms with Gasteiger partial charge in [0, 0.05) is 34.4 Å². The molecule has 0 aliphatic carbocycles. The highest BCUT2D eigenvalue weighted by molar-refractivity contribution is 7.98. The third-order valence-corrected chi connectivity index (χ3v) is 5.79. The molecule has 0 unspecified atom stereocenters. The van der Waals surface area contributed by atoms with E-state index >= 15 is 0 Å². The van der Waals surface area contributed by atoms with Crippen molar-refractivity contribution in [1.29, 1.82) is 0 Å². The number of halogens is 3. The smallest absolute Gasteiger partial charge is 0.191 e. The molecule has 3 rings (SSSR count). The van der Waals surface area contributed by atoms with E-state index in [0.29, 0.717) is 26.1 Å². The second kappa shape index (κ2) is 8.22. The molecule has 1 aromatic carbocycles. The molecule has 132 valence electrons. The molecule has 0 bridgehead atoms. The highest BCUT2D eigenvalue weighted by atomic mass is 35.5. The Bertz CT molecular complexity index is 878. The molecule has 0 saturated heterocycles. The second-order valence-electron chi connectivity index (χ2n) is 5.72. The van der Waals surface area contributed by atoms with Crippen molar-refractivity contribution in [3.05, 3.63) is 38.3 Å². The molecule has 2 heterocycles. The quantitative estimate of drug-likeness (QED) is 0.465. The third kappa shape index (κ3) is 4.46. The topological polar surface area (TPSA) is 56.5 Å². The van der Waals surface area contributed by atoms with Crippen molar-refractivity contribution in [3.63, 3.8) is 0 Å². The van der Waals surface area contributed by atoms with Crippen molar-refractivity contribution in [2.45, 2.75) is 31.3 Å². The van der Waals surface area contributed by atoms with Gasteiger partial charge in [-0.3, -0.25) is 0 Å². The van der Waals surface area contributed by atoms with E-state index in [9.17, 15) is 0 Å². The van der Waals surface area contributed by atoms with Gasteiger partial charge in [0.1, 0.15) is 10.0 Å². The molecule has 0 saturated carbocycles. The summed E-state index contributed by atoms with van der Waals surface area (Å²) in [7, 11) is 0. The van der Waals surface area contributed by atoms with Crippen LogP contribution in [0.15, 0.2) is 23.4 Å². The van der Waals surface area contributed by atoms with Crippen LogP contribution < -0.4 is 0 Å². The zero-order chi connectivity index (χ0) is 18.0. The Kier molecular flexibility index (Phi) is 6.22. The third-order valence-electron chi connectivity index (χ3n) is 3.28. The maximum atomic E-state index is 6.35. The predicted molar refractivity (Wildman–Crippen MR) is 105 cm³/mol. The predicted octanol–water partition coefficient (Wildman–Crippen LogP) is 5.71. The molecule has 0 radical (unpaired) electrons. The van der Waals surface area contributed by atoms with Crippen molar-refractivity contribution in [3.8, 4) is 11.4 Å². The first-order chi connectivity index (χ1) is 12.0. The Morgan fingerprint density at radius 3 is 2.60 bits per heavy atom. The number of nitrogens with zero attached hydrogens (tertiary/aromatic N) is 5. The summed E-state index contributed by atoms with van der Waals surface area (Å²) in [6, 6.07) is 5.37. The standard InChI is InChI=1S/C15H14Cl3N5S2/c1-8(2)6-23-14(10-4-3-9(16)5-11(10)17)20-21-15(23)24-7-12-13(18)25-22-19-12/h3-5,8H,6-7H2,1-2H3. The molecular weight excluding hydrogens is 421 g/mol. The van der Waals surface area contributed by atoms with Crippen molar-refractivity contribution in [1.82, 2.24) is 24.4 Å². The zero-order valence-corrected chi connectivity index (χ0v) is 17.3. The second-order valence-corrected chi connectivity index (χ2v) is 8.86. The number of benzene rings is 1. The first kappa shape index (κ1) is 18.9. The largest absolute Gasteiger partial charge is 0.302 e. The molecule has 0 atom stereocenters. The molecule has 0 aliphatic rings. The molecule has 0 N–H and O–H groups in total. The van der Waals surface area contributed by atoms with E-state index < -0.39 is 0 Å². The molecule has 3 aromatic rings. The monoisotopic (exact) mass is 433 g/mol. The number of hydrogen-bond acceptors (Lipinski definition) is 6. The van der Waals surface area contributed by atoms with Crippen molar-refractivity contribution in [2.24, 2.45) is 5.92 Å². The number of rotatable bonds is 6. The van der Waals surface area contributed by atoms with E-state index in [1.54, 1.807) is 12.1 Å². The summed E-state index contributed by atoms with van der Waals surface area (Å²) in [4.78, 5) is 0. The maximum Gasteiger partial charge on any atom is 0.191 e. The Balaban J connectivity index is 1.93. The zero-order valence-electron chi connectivity index (χ0n) is 13.4. The first-order valence-corrected chi connectivity index (χ1v) is 10.3.